The first kappa shape index (κ1) is 10.4. The van der Waals surface area contributed by atoms with E-state index in [9.17, 15) is 0 Å². The molecule has 0 saturated carbocycles. The maximum Gasteiger partial charge on any atom is 0.163 e. The third-order valence-corrected chi connectivity index (χ3v) is 3.13. The number of rotatable bonds is 2. The molecule has 88 valence electrons. The minimum atomic E-state index is 0.400. The molecule has 0 atom stereocenters. The van der Waals surface area contributed by atoms with Gasteiger partial charge in [-0.3, -0.25) is 0 Å². The standard InChI is InChI=1S/C12H14N4O/c1-16-11(5-13)14-15-12(16)8-2-3-9-6-17-7-10(9)4-8/h2-4H,5-7,13H2,1H3. The lowest BCUT2D eigenvalue weighted by Crippen LogP contribution is -2.05. The van der Waals surface area contributed by atoms with Crippen LogP contribution in [0.5, 0.6) is 0 Å². The topological polar surface area (TPSA) is 66.0 Å². The summed E-state index contributed by atoms with van der Waals surface area (Å²) in [6.45, 7) is 1.80. The third kappa shape index (κ3) is 1.64. The quantitative estimate of drug-likeness (QED) is 0.834. The molecule has 3 rings (SSSR count). The number of ether oxygens (including phenoxy) is 1. The SMILES string of the molecule is Cn1c(CN)nnc1-c1ccc2c(c1)COC2. The summed E-state index contributed by atoms with van der Waals surface area (Å²) in [6, 6.07) is 6.26. The van der Waals surface area contributed by atoms with Crippen LogP contribution in [0.4, 0.5) is 0 Å². The molecule has 0 fully saturated rings. The fourth-order valence-electron chi connectivity index (χ4n) is 2.10. The van der Waals surface area contributed by atoms with Gasteiger partial charge >= 0.3 is 0 Å². The zero-order valence-corrected chi connectivity index (χ0v) is 9.68. The number of nitrogens with two attached hydrogens (primary N) is 1. The van der Waals surface area contributed by atoms with E-state index in [0.717, 1.165) is 17.2 Å². The minimum absolute atomic E-state index is 0.400. The van der Waals surface area contributed by atoms with E-state index in [2.05, 4.69) is 28.4 Å². The number of hydrogen-bond donors (Lipinski definition) is 1. The van der Waals surface area contributed by atoms with Gasteiger partial charge in [0.25, 0.3) is 0 Å². The number of aromatic nitrogens is 3. The first-order valence-electron chi connectivity index (χ1n) is 5.58. The van der Waals surface area contributed by atoms with Crippen LogP contribution in [0.3, 0.4) is 0 Å². The van der Waals surface area contributed by atoms with Gasteiger partial charge in [-0.1, -0.05) is 12.1 Å². The highest BCUT2D eigenvalue weighted by atomic mass is 16.5. The predicted molar refractivity (Wildman–Crippen MR) is 62.8 cm³/mol. The van der Waals surface area contributed by atoms with E-state index in [1.807, 2.05) is 11.6 Å². The second-order valence-electron chi connectivity index (χ2n) is 4.18. The molecule has 17 heavy (non-hydrogen) atoms. The Balaban J connectivity index is 2.06. The maximum absolute atomic E-state index is 5.59. The molecular weight excluding hydrogens is 216 g/mol. The van der Waals surface area contributed by atoms with E-state index in [4.69, 9.17) is 10.5 Å². The van der Waals surface area contributed by atoms with Gasteiger partial charge in [-0.25, -0.2) is 0 Å². The van der Waals surface area contributed by atoms with Crippen molar-refractivity contribution in [1.29, 1.82) is 0 Å². The molecular formula is C12H14N4O. The average Bonchev–Trinajstić information content (AvgIpc) is 2.94. The second-order valence-corrected chi connectivity index (χ2v) is 4.18. The van der Waals surface area contributed by atoms with Gasteiger partial charge in [0.1, 0.15) is 5.82 Å². The molecule has 0 radical (unpaired) electrons. The van der Waals surface area contributed by atoms with Crippen LogP contribution in [0.25, 0.3) is 11.4 Å². The van der Waals surface area contributed by atoms with E-state index in [0.29, 0.717) is 19.8 Å². The van der Waals surface area contributed by atoms with E-state index < -0.39 is 0 Å². The van der Waals surface area contributed by atoms with Gasteiger partial charge in [0.2, 0.25) is 0 Å². The molecule has 0 spiro atoms. The van der Waals surface area contributed by atoms with Crippen LogP contribution in [-0.4, -0.2) is 14.8 Å². The highest BCUT2D eigenvalue weighted by Crippen LogP contribution is 2.25. The van der Waals surface area contributed by atoms with Crippen molar-refractivity contribution in [3.05, 3.63) is 35.2 Å². The summed E-state index contributed by atoms with van der Waals surface area (Å²) in [6.07, 6.45) is 0. The van der Waals surface area contributed by atoms with Crippen molar-refractivity contribution >= 4 is 0 Å². The number of hydrogen-bond acceptors (Lipinski definition) is 4. The summed E-state index contributed by atoms with van der Waals surface area (Å²) in [5, 5.41) is 8.24. The number of nitrogens with zero attached hydrogens (tertiary/aromatic N) is 3. The van der Waals surface area contributed by atoms with Crippen molar-refractivity contribution in [2.45, 2.75) is 19.8 Å². The van der Waals surface area contributed by atoms with Gasteiger partial charge in [0, 0.05) is 12.6 Å². The molecule has 2 aromatic rings. The molecule has 1 aromatic carbocycles. The Morgan fingerprint density at radius 2 is 2.12 bits per heavy atom. The van der Waals surface area contributed by atoms with Crippen LogP contribution < -0.4 is 5.73 Å². The summed E-state index contributed by atoms with van der Waals surface area (Å²) in [4.78, 5) is 0. The van der Waals surface area contributed by atoms with Gasteiger partial charge in [-0.05, 0) is 17.2 Å². The fraction of sp³-hybridized carbons (Fsp3) is 0.333. The zero-order valence-electron chi connectivity index (χ0n) is 9.68. The van der Waals surface area contributed by atoms with Gasteiger partial charge in [0.15, 0.2) is 5.82 Å². The van der Waals surface area contributed by atoms with Gasteiger partial charge in [-0.2, -0.15) is 0 Å². The molecule has 2 N–H and O–H groups in total. The Hall–Kier alpha value is -1.72. The van der Waals surface area contributed by atoms with E-state index in [1.165, 1.54) is 11.1 Å². The van der Waals surface area contributed by atoms with Crippen LogP contribution >= 0.6 is 0 Å². The molecule has 1 aliphatic rings. The summed E-state index contributed by atoms with van der Waals surface area (Å²) >= 11 is 0. The van der Waals surface area contributed by atoms with Gasteiger partial charge in [0.05, 0.1) is 19.8 Å². The maximum atomic E-state index is 5.59. The first-order valence-corrected chi connectivity index (χ1v) is 5.58. The van der Waals surface area contributed by atoms with E-state index >= 15 is 0 Å². The van der Waals surface area contributed by atoms with Crippen LogP contribution in [0.2, 0.25) is 0 Å². The molecule has 0 unspecified atom stereocenters. The minimum Gasteiger partial charge on any atom is -0.372 e. The van der Waals surface area contributed by atoms with Gasteiger partial charge < -0.3 is 15.0 Å². The monoisotopic (exact) mass is 230 g/mol. The van der Waals surface area contributed by atoms with Crippen molar-refractivity contribution in [2.24, 2.45) is 12.8 Å². The van der Waals surface area contributed by atoms with Crippen LogP contribution in [0, 0.1) is 0 Å². The Labute approximate surface area is 99.2 Å². The van der Waals surface area contributed by atoms with Gasteiger partial charge in [-0.15, -0.1) is 10.2 Å². The average molecular weight is 230 g/mol. The molecule has 5 heteroatoms. The summed E-state index contributed by atoms with van der Waals surface area (Å²) in [7, 11) is 1.93. The second kappa shape index (κ2) is 3.94. The van der Waals surface area contributed by atoms with Crippen LogP contribution in [0.15, 0.2) is 18.2 Å². The van der Waals surface area contributed by atoms with Crippen molar-refractivity contribution < 1.29 is 4.74 Å². The van der Waals surface area contributed by atoms with Crippen LogP contribution in [-0.2, 0) is 31.5 Å². The Kier molecular flexibility index (Phi) is 2.42. The van der Waals surface area contributed by atoms with E-state index in [-0.39, 0.29) is 0 Å². The molecule has 0 amide bonds. The van der Waals surface area contributed by atoms with E-state index in [1.54, 1.807) is 0 Å². The lowest BCUT2D eigenvalue weighted by molar-refractivity contribution is 0.134. The molecule has 1 aromatic heterocycles. The van der Waals surface area contributed by atoms with Crippen LogP contribution in [0.1, 0.15) is 17.0 Å². The summed E-state index contributed by atoms with van der Waals surface area (Å²) in [5.41, 5.74) is 9.14. The lowest BCUT2D eigenvalue weighted by Gasteiger charge is -2.04. The normalized spacial score (nSPS) is 14.0. The molecule has 0 bridgehead atoms. The zero-order chi connectivity index (χ0) is 11.8. The Bertz CT molecular complexity index is 562. The van der Waals surface area contributed by atoms with Crippen molar-refractivity contribution in [3.63, 3.8) is 0 Å². The number of fused-ring (bicyclic) bond motifs is 1. The lowest BCUT2D eigenvalue weighted by atomic mass is 10.1. The molecule has 0 aliphatic carbocycles. The highest BCUT2D eigenvalue weighted by Gasteiger charge is 2.15. The summed E-state index contributed by atoms with van der Waals surface area (Å²) < 4.78 is 7.33. The molecule has 2 heterocycles. The molecule has 5 nitrogen and oxygen atoms in total. The molecule has 1 aliphatic heterocycles. The molecule has 0 saturated heterocycles. The highest BCUT2D eigenvalue weighted by molar-refractivity contribution is 5.58. The third-order valence-electron chi connectivity index (χ3n) is 3.13. The Morgan fingerprint density at radius 3 is 2.88 bits per heavy atom. The largest absolute Gasteiger partial charge is 0.372 e. The van der Waals surface area contributed by atoms with Crippen molar-refractivity contribution in [3.8, 4) is 11.4 Å². The Morgan fingerprint density at radius 1 is 1.29 bits per heavy atom. The first-order chi connectivity index (χ1) is 8.29. The predicted octanol–water partition coefficient (Wildman–Crippen LogP) is 0.971. The van der Waals surface area contributed by atoms with Crippen molar-refractivity contribution in [2.75, 3.05) is 0 Å². The fourth-order valence-corrected chi connectivity index (χ4v) is 2.10. The smallest absolute Gasteiger partial charge is 0.163 e. The number of benzene rings is 1. The van der Waals surface area contributed by atoms with Crippen molar-refractivity contribution in [1.82, 2.24) is 14.8 Å². The summed E-state index contributed by atoms with van der Waals surface area (Å²) in [5.74, 6) is 1.64.